The molecule has 0 amide bonds. The summed E-state index contributed by atoms with van der Waals surface area (Å²) >= 11 is 0. The van der Waals surface area contributed by atoms with Crippen LogP contribution in [0, 0.1) is 0 Å². The molecule has 17 heavy (non-hydrogen) atoms. The molecule has 2 saturated heterocycles. The molecule has 2 rings (SSSR count). The number of hydrogen-bond acceptors (Lipinski definition) is 6. The minimum Gasteiger partial charge on any atom is -0.359 e. The monoisotopic (exact) mass is 252 g/mol. The van der Waals surface area contributed by atoms with Crippen LogP contribution in [0.1, 0.15) is 0 Å². The zero-order valence-corrected chi connectivity index (χ0v) is 9.84. The second-order valence-corrected chi connectivity index (χ2v) is 3.90. The van der Waals surface area contributed by atoms with Crippen molar-refractivity contribution in [3.8, 4) is 0 Å². The number of fused-ring (bicyclic) bond motifs is 2. The molecule has 0 N–H and O–H groups in total. The van der Waals surface area contributed by atoms with Gasteiger partial charge < -0.3 is 28.4 Å². The topological polar surface area (TPSA) is 55.4 Å². The molecule has 0 aliphatic carbocycles. The van der Waals surface area contributed by atoms with Crippen LogP contribution in [0.4, 0.5) is 4.39 Å². The van der Waals surface area contributed by atoms with Crippen LogP contribution < -0.4 is 0 Å². The molecule has 0 radical (unpaired) electrons. The van der Waals surface area contributed by atoms with Crippen LogP contribution in [0.5, 0.6) is 0 Å². The van der Waals surface area contributed by atoms with Gasteiger partial charge >= 0.3 is 0 Å². The lowest BCUT2D eigenvalue weighted by atomic mass is 10.0. The summed E-state index contributed by atoms with van der Waals surface area (Å²) < 4.78 is 44.9. The van der Waals surface area contributed by atoms with E-state index in [4.69, 9.17) is 28.4 Å². The van der Waals surface area contributed by atoms with Gasteiger partial charge in [-0.25, -0.2) is 4.39 Å². The number of methoxy groups -OCH3 is 2. The van der Waals surface area contributed by atoms with Crippen molar-refractivity contribution in [2.75, 3.05) is 34.4 Å². The van der Waals surface area contributed by atoms with E-state index in [2.05, 4.69) is 0 Å². The zero-order valence-electron chi connectivity index (χ0n) is 9.84. The van der Waals surface area contributed by atoms with Crippen molar-refractivity contribution in [1.29, 1.82) is 0 Å². The number of halogens is 1. The third kappa shape index (κ3) is 2.75. The average Bonchev–Trinajstić information content (AvgIpc) is 2.77. The van der Waals surface area contributed by atoms with E-state index in [0.717, 1.165) is 0 Å². The van der Waals surface area contributed by atoms with Gasteiger partial charge in [-0.05, 0) is 0 Å². The predicted octanol–water partition coefficient (Wildman–Crippen LogP) is 0.0578. The molecule has 5 atom stereocenters. The molecule has 7 heteroatoms. The van der Waals surface area contributed by atoms with Crippen molar-refractivity contribution in [2.24, 2.45) is 0 Å². The second kappa shape index (κ2) is 6.03. The van der Waals surface area contributed by atoms with Crippen LogP contribution in [0.2, 0.25) is 0 Å². The minimum absolute atomic E-state index is 0.00261. The highest BCUT2D eigenvalue weighted by molar-refractivity contribution is 4.95. The highest BCUT2D eigenvalue weighted by Crippen LogP contribution is 2.33. The van der Waals surface area contributed by atoms with E-state index in [0.29, 0.717) is 0 Å². The molecule has 2 aliphatic heterocycles. The van der Waals surface area contributed by atoms with Gasteiger partial charge in [-0.15, -0.1) is 0 Å². The summed E-state index contributed by atoms with van der Waals surface area (Å²) in [6.07, 6.45) is -3.92. The summed E-state index contributed by atoms with van der Waals surface area (Å²) in [5, 5.41) is 0. The Labute approximate surface area is 98.9 Å². The maximum absolute atomic E-state index is 14.0. The van der Waals surface area contributed by atoms with Crippen LogP contribution >= 0.6 is 0 Å². The van der Waals surface area contributed by atoms with Crippen LogP contribution in [0.15, 0.2) is 0 Å². The van der Waals surface area contributed by atoms with Gasteiger partial charge in [0.05, 0.1) is 6.61 Å². The molecule has 6 nitrogen and oxygen atoms in total. The van der Waals surface area contributed by atoms with E-state index in [1.54, 1.807) is 0 Å². The largest absolute Gasteiger partial charge is 0.359 e. The Hall–Kier alpha value is -0.310. The van der Waals surface area contributed by atoms with Crippen molar-refractivity contribution in [1.82, 2.24) is 0 Å². The molecule has 2 heterocycles. The van der Waals surface area contributed by atoms with Crippen LogP contribution in [-0.2, 0) is 28.4 Å². The lowest BCUT2D eigenvalue weighted by molar-refractivity contribution is -0.269. The van der Waals surface area contributed by atoms with Gasteiger partial charge in [-0.2, -0.15) is 0 Å². The summed E-state index contributed by atoms with van der Waals surface area (Å²) in [6.45, 7) is 0.237. The fourth-order valence-electron chi connectivity index (χ4n) is 1.98. The van der Waals surface area contributed by atoms with E-state index < -0.39 is 30.8 Å². The predicted molar refractivity (Wildman–Crippen MR) is 53.0 cm³/mol. The lowest BCUT2D eigenvalue weighted by Crippen LogP contribution is -2.54. The Morgan fingerprint density at radius 3 is 2.41 bits per heavy atom. The van der Waals surface area contributed by atoms with Gasteiger partial charge in [-0.1, -0.05) is 0 Å². The highest BCUT2D eigenvalue weighted by Gasteiger charge is 2.52. The third-order valence-electron chi connectivity index (χ3n) is 2.75. The molecule has 2 bridgehead atoms. The van der Waals surface area contributed by atoms with Gasteiger partial charge in [0, 0.05) is 14.2 Å². The molecule has 0 aromatic carbocycles. The number of alkyl halides is 1. The van der Waals surface area contributed by atoms with E-state index in [1.165, 1.54) is 14.2 Å². The SMILES string of the molecule is COCO[C@H]1[C@@H](F)[C@H]2COC(O2)[C@@H]1OCOC. The summed E-state index contributed by atoms with van der Waals surface area (Å²) in [5.41, 5.74) is 0. The van der Waals surface area contributed by atoms with Gasteiger partial charge in [-0.3, -0.25) is 0 Å². The van der Waals surface area contributed by atoms with Crippen molar-refractivity contribution in [3.63, 3.8) is 0 Å². The number of rotatable bonds is 6. The van der Waals surface area contributed by atoms with E-state index in [9.17, 15) is 4.39 Å². The summed E-state index contributed by atoms with van der Waals surface area (Å²) in [7, 11) is 2.96. The van der Waals surface area contributed by atoms with Crippen molar-refractivity contribution < 1.29 is 32.8 Å². The average molecular weight is 252 g/mol. The number of hydrogen-bond donors (Lipinski definition) is 0. The summed E-state index contributed by atoms with van der Waals surface area (Å²) in [6, 6.07) is 0. The molecule has 100 valence electrons. The minimum atomic E-state index is -1.30. The molecule has 0 aromatic rings. The Balaban J connectivity index is 2.00. The Bertz CT molecular complexity index is 233. The first-order valence-electron chi connectivity index (χ1n) is 5.40. The first-order valence-corrected chi connectivity index (χ1v) is 5.40. The second-order valence-electron chi connectivity index (χ2n) is 3.90. The normalized spacial score (nSPS) is 40.8. The Morgan fingerprint density at radius 1 is 1.12 bits per heavy atom. The summed E-state index contributed by atoms with van der Waals surface area (Å²) in [4.78, 5) is 0. The first kappa shape index (κ1) is 13.1. The van der Waals surface area contributed by atoms with E-state index in [1.807, 2.05) is 0 Å². The lowest BCUT2D eigenvalue weighted by Gasteiger charge is -2.36. The maximum Gasteiger partial charge on any atom is 0.187 e. The zero-order chi connectivity index (χ0) is 12.3. The summed E-state index contributed by atoms with van der Waals surface area (Å²) in [5.74, 6) is 0. The van der Waals surface area contributed by atoms with Crippen LogP contribution in [0.3, 0.4) is 0 Å². The Kier molecular flexibility index (Phi) is 4.66. The molecule has 0 spiro atoms. The highest BCUT2D eigenvalue weighted by atomic mass is 19.1. The van der Waals surface area contributed by atoms with Gasteiger partial charge in [0.25, 0.3) is 0 Å². The number of ether oxygens (including phenoxy) is 6. The van der Waals surface area contributed by atoms with Gasteiger partial charge in [0.2, 0.25) is 0 Å². The quantitative estimate of drug-likeness (QED) is 0.623. The first-order chi connectivity index (χ1) is 8.27. The molecular formula is C10H17FO6. The van der Waals surface area contributed by atoms with Crippen molar-refractivity contribution in [3.05, 3.63) is 0 Å². The smallest absolute Gasteiger partial charge is 0.187 e. The fourth-order valence-corrected chi connectivity index (χ4v) is 1.98. The standard InChI is InChI=1S/C10H17FO6/c1-12-4-15-8-7(11)6-3-14-10(17-6)9(8)16-5-13-2/h6-10H,3-5H2,1-2H3/t6-,7+,8+,9-,10?/m1/s1. The fraction of sp³-hybridized carbons (Fsp3) is 1.00. The Morgan fingerprint density at radius 2 is 1.76 bits per heavy atom. The maximum atomic E-state index is 14.0. The van der Waals surface area contributed by atoms with Gasteiger partial charge in [0.1, 0.15) is 31.9 Å². The molecule has 2 fully saturated rings. The van der Waals surface area contributed by atoms with Crippen molar-refractivity contribution >= 4 is 0 Å². The van der Waals surface area contributed by atoms with Crippen LogP contribution in [-0.4, -0.2) is 65.2 Å². The molecule has 2 aliphatic rings. The van der Waals surface area contributed by atoms with E-state index in [-0.39, 0.29) is 20.2 Å². The van der Waals surface area contributed by atoms with E-state index >= 15 is 0 Å². The third-order valence-corrected chi connectivity index (χ3v) is 2.75. The molecule has 0 aromatic heterocycles. The van der Waals surface area contributed by atoms with Crippen LogP contribution in [0.25, 0.3) is 0 Å². The van der Waals surface area contributed by atoms with Crippen molar-refractivity contribution in [2.45, 2.75) is 30.8 Å². The molecule has 1 unspecified atom stereocenters. The molecule has 0 saturated carbocycles. The van der Waals surface area contributed by atoms with Gasteiger partial charge in [0.15, 0.2) is 12.5 Å². The molecular weight excluding hydrogens is 235 g/mol.